The highest BCUT2D eigenvalue weighted by atomic mass is 16.5. The van der Waals surface area contributed by atoms with Crippen LogP contribution in [0, 0.1) is 0 Å². The molecule has 0 spiro atoms. The van der Waals surface area contributed by atoms with Gasteiger partial charge in [-0.05, 0) is 29.8 Å². The van der Waals surface area contributed by atoms with Crippen molar-refractivity contribution < 1.29 is 4.74 Å². The second kappa shape index (κ2) is 4.57. The maximum absolute atomic E-state index is 12.4. The molecule has 4 heteroatoms. The zero-order valence-electron chi connectivity index (χ0n) is 10.4. The van der Waals surface area contributed by atoms with Gasteiger partial charge in [-0.1, -0.05) is 18.2 Å². The first-order chi connectivity index (χ1) is 9.29. The lowest BCUT2D eigenvalue weighted by Gasteiger charge is -2.05. The quantitative estimate of drug-likeness (QED) is 0.703. The van der Waals surface area contributed by atoms with Gasteiger partial charge in [-0.15, -0.1) is 0 Å². The van der Waals surface area contributed by atoms with E-state index in [4.69, 9.17) is 4.74 Å². The molecule has 1 aromatic carbocycles. The number of pyridine rings is 1. The molecule has 0 saturated carbocycles. The van der Waals surface area contributed by atoms with Crippen molar-refractivity contribution >= 4 is 5.65 Å². The fraction of sp³-hybridized carbons (Fsp3) is 0.0667. The minimum atomic E-state index is -0.0734. The van der Waals surface area contributed by atoms with E-state index in [0.29, 0.717) is 11.2 Å². The van der Waals surface area contributed by atoms with Crippen LogP contribution in [0.3, 0.4) is 0 Å². The predicted molar refractivity (Wildman–Crippen MR) is 73.5 cm³/mol. The van der Waals surface area contributed by atoms with Crippen LogP contribution in [0.15, 0.2) is 59.7 Å². The van der Waals surface area contributed by atoms with E-state index in [2.05, 4.69) is 4.98 Å². The van der Waals surface area contributed by atoms with Crippen LogP contribution in [0.25, 0.3) is 16.8 Å². The van der Waals surface area contributed by atoms with Crippen LogP contribution in [0.2, 0.25) is 0 Å². The van der Waals surface area contributed by atoms with Crippen molar-refractivity contribution in [3.63, 3.8) is 0 Å². The van der Waals surface area contributed by atoms with Crippen molar-refractivity contribution in [2.45, 2.75) is 0 Å². The number of hydrogen-bond donors (Lipinski definition) is 0. The van der Waals surface area contributed by atoms with E-state index in [0.717, 1.165) is 11.3 Å². The zero-order valence-corrected chi connectivity index (χ0v) is 10.4. The molecule has 0 unspecified atom stereocenters. The molecule has 0 amide bonds. The Morgan fingerprint density at radius 3 is 2.63 bits per heavy atom. The Morgan fingerprint density at radius 2 is 1.89 bits per heavy atom. The minimum Gasteiger partial charge on any atom is -0.497 e. The lowest BCUT2D eigenvalue weighted by molar-refractivity contribution is 0.415. The maximum Gasteiger partial charge on any atom is 0.265 e. The molecule has 94 valence electrons. The molecule has 3 rings (SSSR count). The monoisotopic (exact) mass is 252 g/mol. The first-order valence-corrected chi connectivity index (χ1v) is 5.90. The lowest BCUT2D eigenvalue weighted by atomic mass is 10.1. The van der Waals surface area contributed by atoms with E-state index in [-0.39, 0.29) is 5.56 Å². The summed E-state index contributed by atoms with van der Waals surface area (Å²) in [5, 5.41) is 0. The fourth-order valence-corrected chi connectivity index (χ4v) is 2.00. The summed E-state index contributed by atoms with van der Waals surface area (Å²) in [4.78, 5) is 16.7. The van der Waals surface area contributed by atoms with Gasteiger partial charge in [-0.2, -0.15) is 0 Å². The highest BCUT2D eigenvalue weighted by molar-refractivity contribution is 5.63. The third kappa shape index (κ3) is 1.97. The third-order valence-corrected chi connectivity index (χ3v) is 3.01. The van der Waals surface area contributed by atoms with Gasteiger partial charge >= 0.3 is 0 Å². The number of ether oxygens (including phenoxy) is 1. The van der Waals surface area contributed by atoms with E-state index in [1.807, 2.05) is 36.4 Å². The number of aromatic nitrogens is 2. The Morgan fingerprint density at radius 1 is 1.11 bits per heavy atom. The van der Waals surface area contributed by atoms with E-state index in [1.54, 1.807) is 30.0 Å². The number of methoxy groups -OCH3 is 1. The number of nitrogens with zero attached hydrogens (tertiary/aromatic N) is 2. The predicted octanol–water partition coefficient (Wildman–Crippen LogP) is 2.37. The standard InChI is InChI=1S/C15H12N2O2/c1-19-12-7-5-11(6-8-12)13-10-16-14-4-2-3-9-17(14)15(13)18/h2-10H,1H3. The van der Waals surface area contributed by atoms with Crippen molar-refractivity contribution in [2.75, 3.05) is 7.11 Å². The Hall–Kier alpha value is -2.62. The molecule has 0 aliphatic carbocycles. The minimum absolute atomic E-state index is 0.0734. The molecule has 0 aliphatic heterocycles. The summed E-state index contributed by atoms with van der Waals surface area (Å²) < 4.78 is 6.65. The van der Waals surface area contributed by atoms with Crippen molar-refractivity contribution in [1.82, 2.24) is 9.38 Å². The van der Waals surface area contributed by atoms with Crippen molar-refractivity contribution in [3.05, 3.63) is 65.2 Å². The van der Waals surface area contributed by atoms with Gasteiger partial charge in [0, 0.05) is 12.4 Å². The molecule has 0 saturated heterocycles. The molecule has 0 N–H and O–H groups in total. The molecule has 4 nitrogen and oxygen atoms in total. The summed E-state index contributed by atoms with van der Waals surface area (Å²) in [5.41, 5.74) is 1.98. The zero-order chi connectivity index (χ0) is 13.2. The van der Waals surface area contributed by atoms with Crippen LogP contribution in [0.1, 0.15) is 0 Å². The molecule has 0 aliphatic rings. The number of rotatable bonds is 2. The van der Waals surface area contributed by atoms with Crippen molar-refractivity contribution in [1.29, 1.82) is 0 Å². The second-order valence-corrected chi connectivity index (χ2v) is 4.13. The Bertz CT molecular complexity index is 776. The number of fused-ring (bicyclic) bond motifs is 1. The molecule has 19 heavy (non-hydrogen) atoms. The molecule has 0 bridgehead atoms. The molecule has 0 radical (unpaired) electrons. The number of hydrogen-bond acceptors (Lipinski definition) is 3. The summed E-state index contributed by atoms with van der Waals surface area (Å²) in [6, 6.07) is 12.8. The van der Waals surface area contributed by atoms with Crippen LogP contribution >= 0.6 is 0 Å². The first kappa shape index (κ1) is 11.5. The van der Waals surface area contributed by atoms with Crippen LogP contribution in [-0.2, 0) is 0 Å². The highest BCUT2D eigenvalue weighted by Crippen LogP contribution is 2.19. The summed E-state index contributed by atoms with van der Waals surface area (Å²) in [6.45, 7) is 0. The molecular formula is C15H12N2O2. The molecular weight excluding hydrogens is 240 g/mol. The van der Waals surface area contributed by atoms with Gasteiger partial charge < -0.3 is 4.74 Å². The van der Waals surface area contributed by atoms with Crippen LogP contribution in [0.5, 0.6) is 5.75 Å². The van der Waals surface area contributed by atoms with Crippen LogP contribution < -0.4 is 10.3 Å². The summed E-state index contributed by atoms with van der Waals surface area (Å²) >= 11 is 0. The molecule has 0 atom stereocenters. The first-order valence-electron chi connectivity index (χ1n) is 5.90. The second-order valence-electron chi connectivity index (χ2n) is 4.13. The van der Waals surface area contributed by atoms with Gasteiger partial charge in [0.1, 0.15) is 11.4 Å². The van der Waals surface area contributed by atoms with Crippen molar-refractivity contribution in [2.24, 2.45) is 0 Å². The highest BCUT2D eigenvalue weighted by Gasteiger charge is 2.06. The largest absolute Gasteiger partial charge is 0.497 e. The van der Waals surface area contributed by atoms with Gasteiger partial charge in [0.25, 0.3) is 5.56 Å². The van der Waals surface area contributed by atoms with E-state index < -0.39 is 0 Å². The van der Waals surface area contributed by atoms with Gasteiger partial charge in [0.2, 0.25) is 0 Å². The van der Waals surface area contributed by atoms with Crippen LogP contribution in [-0.4, -0.2) is 16.5 Å². The van der Waals surface area contributed by atoms with E-state index in [1.165, 1.54) is 0 Å². The Balaban J connectivity index is 2.19. The normalized spacial score (nSPS) is 10.6. The maximum atomic E-state index is 12.4. The fourth-order valence-electron chi connectivity index (χ4n) is 2.00. The van der Waals surface area contributed by atoms with Gasteiger partial charge in [-0.25, -0.2) is 4.98 Å². The lowest BCUT2D eigenvalue weighted by Crippen LogP contribution is -2.16. The molecule has 2 aromatic heterocycles. The summed E-state index contributed by atoms with van der Waals surface area (Å²) in [7, 11) is 1.61. The van der Waals surface area contributed by atoms with Crippen LogP contribution in [0.4, 0.5) is 0 Å². The van der Waals surface area contributed by atoms with Gasteiger partial charge in [-0.3, -0.25) is 9.20 Å². The summed E-state index contributed by atoms with van der Waals surface area (Å²) in [6.07, 6.45) is 3.33. The average Bonchev–Trinajstić information content (AvgIpc) is 2.48. The number of benzene rings is 1. The Labute approximate surface area is 109 Å². The summed E-state index contributed by atoms with van der Waals surface area (Å²) in [5.74, 6) is 0.762. The van der Waals surface area contributed by atoms with Crippen molar-refractivity contribution in [3.8, 4) is 16.9 Å². The van der Waals surface area contributed by atoms with Gasteiger partial charge in [0.15, 0.2) is 0 Å². The third-order valence-electron chi connectivity index (χ3n) is 3.01. The smallest absolute Gasteiger partial charge is 0.265 e. The topological polar surface area (TPSA) is 43.6 Å². The van der Waals surface area contributed by atoms with E-state index >= 15 is 0 Å². The molecule has 2 heterocycles. The van der Waals surface area contributed by atoms with E-state index in [9.17, 15) is 4.79 Å². The SMILES string of the molecule is COc1ccc(-c2cnc3ccccn3c2=O)cc1. The molecule has 0 fully saturated rings. The Kier molecular flexibility index (Phi) is 2.76. The molecule has 3 aromatic rings. The van der Waals surface area contributed by atoms with Gasteiger partial charge in [0.05, 0.1) is 12.7 Å². The average molecular weight is 252 g/mol.